The van der Waals surface area contributed by atoms with E-state index >= 15 is 0 Å². The third-order valence-electron chi connectivity index (χ3n) is 7.06. The fourth-order valence-electron chi connectivity index (χ4n) is 5.24. The van der Waals surface area contributed by atoms with Crippen molar-refractivity contribution in [2.24, 2.45) is 0 Å². The van der Waals surface area contributed by atoms with Gasteiger partial charge in [0.05, 0.1) is 17.9 Å². The van der Waals surface area contributed by atoms with Crippen LogP contribution in [0.15, 0.2) is 54.7 Å². The molecule has 3 aromatic rings. The van der Waals surface area contributed by atoms with Crippen LogP contribution in [0.2, 0.25) is 0 Å². The van der Waals surface area contributed by atoms with Crippen molar-refractivity contribution in [3.8, 4) is 5.75 Å². The Labute approximate surface area is 216 Å². The van der Waals surface area contributed by atoms with E-state index in [4.69, 9.17) is 9.72 Å². The highest BCUT2D eigenvalue weighted by atomic mass is 16.5. The lowest BCUT2D eigenvalue weighted by atomic mass is 10.1. The van der Waals surface area contributed by atoms with Crippen molar-refractivity contribution in [2.75, 3.05) is 59.3 Å². The van der Waals surface area contributed by atoms with E-state index in [0.717, 1.165) is 65.7 Å². The van der Waals surface area contributed by atoms with Crippen molar-refractivity contribution < 1.29 is 9.53 Å². The average molecular weight is 498 g/mol. The molecule has 3 aliphatic heterocycles. The molecule has 4 bridgehead atoms. The first-order valence-electron chi connectivity index (χ1n) is 12.7. The van der Waals surface area contributed by atoms with Crippen molar-refractivity contribution in [3.63, 3.8) is 0 Å². The molecule has 3 aliphatic rings. The van der Waals surface area contributed by atoms with E-state index in [2.05, 4.69) is 26.6 Å². The second-order valence-corrected chi connectivity index (χ2v) is 9.59. The number of nitrogens with zero attached hydrogens (tertiary/aromatic N) is 5. The number of fused-ring (bicyclic) bond motifs is 3. The quantitative estimate of drug-likeness (QED) is 0.515. The minimum atomic E-state index is -0.100. The summed E-state index contributed by atoms with van der Waals surface area (Å²) >= 11 is 0. The second-order valence-electron chi connectivity index (χ2n) is 9.59. The van der Waals surface area contributed by atoms with Crippen LogP contribution in [-0.4, -0.2) is 55.3 Å². The van der Waals surface area contributed by atoms with Crippen molar-refractivity contribution in [2.45, 2.75) is 20.4 Å². The topological polar surface area (TPSA) is 85.9 Å². The Kier molecular flexibility index (Phi) is 6.13. The Balaban J connectivity index is 1.36. The zero-order valence-electron chi connectivity index (χ0n) is 21.2. The Morgan fingerprint density at radius 1 is 1.00 bits per heavy atom. The van der Waals surface area contributed by atoms with Crippen LogP contribution >= 0.6 is 0 Å². The molecule has 1 aromatic heterocycles. The van der Waals surface area contributed by atoms with Gasteiger partial charge in [-0.2, -0.15) is 4.98 Å². The maximum Gasteiger partial charge on any atom is 0.330 e. The number of piperazine rings is 1. The molecule has 6 rings (SSSR count). The number of amides is 2. The van der Waals surface area contributed by atoms with E-state index in [1.165, 1.54) is 0 Å². The fourth-order valence-corrected chi connectivity index (χ4v) is 5.24. The molecule has 0 atom stereocenters. The van der Waals surface area contributed by atoms with Gasteiger partial charge in [-0.25, -0.2) is 9.78 Å². The highest BCUT2D eigenvalue weighted by Gasteiger charge is 2.34. The van der Waals surface area contributed by atoms with Gasteiger partial charge in [0, 0.05) is 56.2 Å². The first kappa shape index (κ1) is 23.3. The molecule has 0 spiro atoms. The number of ether oxygens (including phenoxy) is 1. The van der Waals surface area contributed by atoms with Gasteiger partial charge in [0.2, 0.25) is 5.95 Å². The predicted octanol–water partition coefficient (Wildman–Crippen LogP) is 4.14. The maximum atomic E-state index is 13.8. The molecule has 0 saturated carbocycles. The van der Waals surface area contributed by atoms with Gasteiger partial charge in [0.1, 0.15) is 18.2 Å². The molecule has 1 fully saturated rings. The number of aromatic nitrogens is 2. The summed E-state index contributed by atoms with van der Waals surface area (Å²) in [5.74, 6) is 1.89. The summed E-state index contributed by atoms with van der Waals surface area (Å²) in [6.45, 7) is 9.05. The molecule has 4 heterocycles. The van der Waals surface area contributed by atoms with E-state index in [9.17, 15) is 4.79 Å². The Morgan fingerprint density at radius 2 is 1.81 bits per heavy atom. The highest BCUT2D eigenvalue weighted by molar-refractivity contribution is 6.06. The number of hydrogen-bond acceptors (Lipinski definition) is 7. The van der Waals surface area contributed by atoms with Crippen LogP contribution in [0.25, 0.3) is 0 Å². The molecule has 0 aliphatic carbocycles. The Bertz CT molecular complexity index is 1350. The molecule has 190 valence electrons. The molecule has 0 unspecified atom stereocenters. The van der Waals surface area contributed by atoms with Gasteiger partial charge < -0.3 is 20.3 Å². The first-order valence-corrected chi connectivity index (χ1v) is 12.7. The summed E-state index contributed by atoms with van der Waals surface area (Å²) in [4.78, 5) is 29.1. The van der Waals surface area contributed by atoms with Crippen LogP contribution in [0.3, 0.4) is 0 Å². The van der Waals surface area contributed by atoms with Gasteiger partial charge in [-0.3, -0.25) is 9.80 Å². The molecule has 1 saturated heterocycles. The van der Waals surface area contributed by atoms with Gasteiger partial charge in [0.25, 0.3) is 0 Å². The SMILES string of the molecule is Cc1cccc(C)c1N1Cc2cnc3nc2N(C/C=C/COc2cc(ccc2N2CCNCC2)N3)C1=O. The van der Waals surface area contributed by atoms with Crippen LogP contribution in [0, 0.1) is 13.8 Å². The number of para-hydroxylation sites is 1. The normalized spacial score (nSPS) is 18.2. The van der Waals surface area contributed by atoms with Gasteiger partial charge in [-0.15, -0.1) is 0 Å². The Morgan fingerprint density at radius 3 is 2.62 bits per heavy atom. The number of nitrogens with one attached hydrogen (secondary N) is 2. The molecule has 2 N–H and O–H groups in total. The summed E-state index contributed by atoms with van der Waals surface area (Å²) in [6, 6.07) is 12.1. The zero-order chi connectivity index (χ0) is 25.4. The lowest BCUT2D eigenvalue weighted by molar-refractivity contribution is 0.250. The third kappa shape index (κ3) is 4.46. The number of carbonyl (C=O) groups is 1. The number of aryl methyl sites for hydroxylation is 2. The molecule has 37 heavy (non-hydrogen) atoms. The minimum absolute atomic E-state index is 0.100. The number of rotatable bonds is 2. The summed E-state index contributed by atoms with van der Waals surface area (Å²) in [5, 5.41) is 6.72. The monoisotopic (exact) mass is 497 g/mol. The van der Waals surface area contributed by atoms with Crippen molar-refractivity contribution in [1.82, 2.24) is 15.3 Å². The van der Waals surface area contributed by atoms with E-state index < -0.39 is 0 Å². The highest BCUT2D eigenvalue weighted by Crippen LogP contribution is 2.36. The van der Waals surface area contributed by atoms with Crippen LogP contribution in [0.1, 0.15) is 16.7 Å². The van der Waals surface area contributed by atoms with Crippen LogP contribution < -0.4 is 30.1 Å². The van der Waals surface area contributed by atoms with Crippen molar-refractivity contribution in [3.05, 3.63) is 71.4 Å². The van der Waals surface area contributed by atoms with Crippen molar-refractivity contribution in [1.29, 1.82) is 0 Å². The van der Waals surface area contributed by atoms with Gasteiger partial charge >= 0.3 is 6.03 Å². The average Bonchev–Trinajstić information content (AvgIpc) is 2.91. The molecule has 2 aromatic carbocycles. The molecule has 0 radical (unpaired) electrons. The standard InChI is InChI=1S/C28H31N7O2/c1-19-6-5-7-20(2)25(19)35-18-21-17-30-27-31-22-8-9-23(33-13-10-29-11-14-33)24(16-22)37-15-4-3-12-34(28(35)36)26(21)32-27/h3-9,16-17,29H,10-15,18H2,1-2H3,(H,30,31,32)/b4-3+. The third-order valence-corrected chi connectivity index (χ3v) is 7.06. The van der Waals surface area contributed by atoms with E-state index in [1.54, 1.807) is 4.90 Å². The summed E-state index contributed by atoms with van der Waals surface area (Å²) in [5.41, 5.74) is 5.87. The van der Waals surface area contributed by atoms with Crippen molar-refractivity contribution >= 4 is 34.9 Å². The fraction of sp³-hybridized carbons (Fsp3) is 0.321. The second kappa shape index (κ2) is 9.74. The largest absolute Gasteiger partial charge is 0.487 e. The maximum absolute atomic E-state index is 13.8. The molecule has 9 nitrogen and oxygen atoms in total. The van der Waals surface area contributed by atoms with Gasteiger partial charge in [-0.05, 0) is 43.2 Å². The number of anilines is 5. The molecule has 2 amide bonds. The lowest BCUT2D eigenvalue weighted by Gasteiger charge is -2.37. The number of carbonyl (C=O) groups excluding carboxylic acids is 1. The smallest absolute Gasteiger partial charge is 0.330 e. The van der Waals surface area contributed by atoms with Gasteiger partial charge in [-0.1, -0.05) is 24.3 Å². The summed E-state index contributed by atoms with van der Waals surface area (Å²) < 4.78 is 6.22. The first-order chi connectivity index (χ1) is 18.1. The van der Waals surface area contributed by atoms with Crippen LogP contribution in [0.4, 0.5) is 33.6 Å². The van der Waals surface area contributed by atoms with Gasteiger partial charge in [0.15, 0.2) is 0 Å². The predicted molar refractivity (Wildman–Crippen MR) is 146 cm³/mol. The molecular weight excluding hydrogens is 466 g/mol. The number of urea groups is 1. The summed E-state index contributed by atoms with van der Waals surface area (Å²) in [6.07, 6.45) is 5.75. The zero-order valence-corrected chi connectivity index (χ0v) is 21.2. The minimum Gasteiger partial charge on any atom is -0.487 e. The molecular formula is C28H31N7O2. The number of benzene rings is 2. The summed E-state index contributed by atoms with van der Waals surface area (Å²) in [7, 11) is 0. The van der Waals surface area contributed by atoms with E-state index in [-0.39, 0.29) is 6.03 Å². The lowest BCUT2D eigenvalue weighted by Crippen LogP contribution is -2.48. The van der Waals surface area contributed by atoms with E-state index in [1.807, 2.05) is 67.4 Å². The number of hydrogen-bond donors (Lipinski definition) is 2. The van der Waals surface area contributed by atoms with Crippen LogP contribution in [-0.2, 0) is 6.54 Å². The molecule has 9 heteroatoms. The van der Waals surface area contributed by atoms with E-state index in [0.29, 0.717) is 31.5 Å². The Hall–Kier alpha value is -4.11. The van der Waals surface area contributed by atoms with Crippen LogP contribution in [0.5, 0.6) is 5.75 Å².